The Balaban J connectivity index is 3.60. The van der Waals surface area contributed by atoms with Crippen LogP contribution in [0.4, 0.5) is 26.3 Å². The van der Waals surface area contributed by atoms with Gasteiger partial charge in [-0.25, -0.2) is 4.98 Å². The highest BCUT2D eigenvalue weighted by molar-refractivity contribution is 6.67. The van der Waals surface area contributed by atoms with E-state index in [0.717, 1.165) is 0 Å². The lowest BCUT2D eigenvalue weighted by molar-refractivity contribution is -0.276. The Morgan fingerprint density at radius 1 is 1.30 bits per heavy atom. The van der Waals surface area contributed by atoms with Crippen LogP contribution in [0.5, 0.6) is 5.75 Å². The van der Waals surface area contributed by atoms with E-state index in [4.69, 9.17) is 17.3 Å². The van der Waals surface area contributed by atoms with E-state index in [2.05, 4.69) is 9.72 Å². The first-order valence-corrected chi connectivity index (χ1v) is 5.10. The summed E-state index contributed by atoms with van der Waals surface area (Å²) in [5.74, 6) is -1.68. The third kappa shape index (κ3) is 3.73. The van der Waals surface area contributed by atoms with E-state index in [0.29, 0.717) is 6.20 Å². The van der Waals surface area contributed by atoms with Gasteiger partial charge in [0.15, 0.2) is 11.4 Å². The molecule has 0 saturated heterocycles. The van der Waals surface area contributed by atoms with E-state index >= 15 is 0 Å². The minimum Gasteiger partial charge on any atom is -0.403 e. The first-order chi connectivity index (χ1) is 8.97. The number of hydrogen-bond acceptors (Lipinski definition) is 4. The maximum Gasteiger partial charge on any atom is 0.573 e. The molecule has 0 unspecified atom stereocenters. The summed E-state index contributed by atoms with van der Waals surface area (Å²) < 4.78 is 77.7. The molecule has 2 N–H and O–H groups in total. The van der Waals surface area contributed by atoms with Gasteiger partial charge < -0.3 is 10.5 Å². The molecule has 0 saturated carbocycles. The summed E-state index contributed by atoms with van der Waals surface area (Å²) in [5.41, 5.74) is 1.60. The topological polar surface area (TPSA) is 65.2 Å². The second kappa shape index (κ2) is 5.44. The fourth-order valence-corrected chi connectivity index (χ4v) is 1.49. The predicted molar refractivity (Wildman–Crippen MR) is 54.0 cm³/mol. The predicted octanol–water partition coefficient (Wildman–Crippen LogP) is 2.84. The fraction of sp³-hybridized carbons (Fsp3) is 0.333. The molecule has 20 heavy (non-hydrogen) atoms. The van der Waals surface area contributed by atoms with Crippen LogP contribution >= 0.6 is 11.6 Å². The van der Waals surface area contributed by atoms with E-state index in [1.165, 1.54) is 0 Å². The van der Waals surface area contributed by atoms with Gasteiger partial charge in [0.1, 0.15) is 0 Å². The summed E-state index contributed by atoms with van der Waals surface area (Å²) >= 11 is 5.04. The molecule has 4 nitrogen and oxygen atoms in total. The van der Waals surface area contributed by atoms with Crippen molar-refractivity contribution < 1.29 is 35.9 Å². The van der Waals surface area contributed by atoms with Gasteiger partial charge in [0.25, 0.3) is 5.24 Å². The molecule has 0 amide bonds. The molecule has 0 aliphatic rings. The second-order valence-electron chi connectivity index (χ2n) is 3.35. The zero-order valence-corrected chi connectivity index (χ0v) is 10.0. The average molecular weight is 323 g/mol. The molecule has 0 aliphatic carbocycles. The number of hydrogen-bond donors (Lipinski definition) is 1. The third-order valence-electron chi connectivity index (χ3n) is 2.04. The highest BCUT2D eigenvalue weighted by atomic mass is 35.5. The molecule has 1 heterocycles. The van der Waals surface area contributed by atoms with Crippen LogP contribution in [0.1, 0.15) is 21.6 Å². The molecule has 0 aliphatic heterocycles. The number of rotatable bonds is 3. The summed E-state index contributed by atoms with van der Waals surface area (Å²) in [6, 6.07) is 0. The maximum absolute atomic E-state index is 12.6. The summed E-state index contributed by atoms with van der Waals surface area (Å²) in [4.78, 5) is 13.7. The largest absolute Gasteiger partial charge is 0.573 e. The average Bonchev–Trinajstić information content (AvgIpc) is 2.24. The molecular formula is C9H5ClF6N2O2. The lowest BCUT2D eigenvalue weighted by Gasteiger charge is -2.18. The number of ether oxygens (including phenoxy) is 1. The molecule has 1 aromatic heterocycles. The van der Waals surface area contributed by atoms with Gasteiger partial charge in [-0.3, -0.25) is 4.79 Å². The van der Waals surface area contributed by atoms with E-state index < -0.39 is 46.9 Å². The van der Waals surface area contributed by atoms with Gasteiger partial charge in [-0.15, -0.1) is 13.2 Å². The molecule has 112 valence electrons. The highest BCUT2D eigenvalue weighted by Crippen LogP contribution is 2.40. The van der Waals surface area contributed by atoms with Crippen LogP contribution in [0, 0.1) is 0 Å². The van der Waals surface area contributed by atoms with Crippen LogP contribution in [0.25, 0.3) is 0 Å². The van der Waals surface area contributed by atoms with E-state index in [-0.39, 0.29) is 0 Å². The molecule has 0 spiro atoms. The molecule has 1 rings (SSSR count). The number of carbonyl (C=O) groups is 1. The summed E-state index contributed by atoms with van der Waals surface area (Å²) in [5, 5.41) is -1.31. The van der Waals surface area contributed by atoms with Crippen LogP contribution in [0.3, 0.4) is 0 Å². The summed E-state index contributed by atoms with van der Waals surface area (Å²) in [7, 11) is 0. The Kier molecular flexibility index (Phi) is 4.49. The van der Waals surface area contributed by atoms with Crippen molar-refractivity contribution in [3.05, 3.63) is 23.0 Å². The first kappa shape index (κ1) is 16.5. The van der Waals surface area contributed by atoms with Crippen molar-refractivity contribution in [1.29, 1.82) is 0 Å². The molecule has 0 fully saturated rings. The Morgan fingerprint density at radius 2 is 1.85 bits per heavy atom. The molecule has 1 aromatic rings. The Labute approximate surface area is 112 Å². The summed E-state index contributed by atoms with van der Waals surface area (Å²) in [6.45, 7) is -0.829. The number of pyridine rings is 1. The molecule has 0 radical (unpaired) electrons. The summed E-state index contributed by atoms with van der Waals surface area (Å²) in [6.07, 6.45) is -10.2. The van der Waals surface area contributed by atoms with Crippen molar-refractivity contribution in [3.63, 3.8) is 0 Å². The molecule has 0 bridgehead atoms. The zero-order chi connectivity index (χ0) is 15.7. The fourth-order valence-electron chi connectivity index (χ4n) is 1.33. The van der Waals surface area contributed by atoms with Gasteiger partial charge in [0.2, 0.25) is 0 Å². The smallest absolute Gasteiger partial charge is 0.403 e. The van der Waals surface area contributed by atoms with Gasteiger partial charge in [-0.1, -0.05) is 0 Å². The molecule has 11 heteroatoms. The van der Waals surface area contributed by atoms with E-state index in [1.807, 2.05) is 0 Å². The molecular weight excluding hydrogens is 318 g/mol. The lowest BCUT2D eigenvalue weighted by atomic mass is 10.1. The van der Waals surface area contributed by atoms with E-state index in [9.17, 15) is 31.1 Å². The normalized spacial score (nSPS) is 12.4. The van der Waals surface area contributed by atoms with Crippen molar-refractivity contribution in [2.45, 2.75) is 19.1 Å². The van der Waals surface area contributed by atoms with Crippen molar-refractivity contribution in [1.82, 2.24) is 4.98 Å². The van der Waals surface area contributed by atoms with Crippen LogP contribution < -0.4 is 10.5 Å². The van der Waals surface area contributed by atoms with Crippen LogP contribution in [-0.4, -0.2) is 16.6 Å². The minimum absolute atomic E-state index is 0.392. The maximum atomic E-state index is 12.6. The monoisotopic (exact) mass is 322 g/mol. The Morgan fingerprint density at radius 3 is 2.20 bits per heavy atom. The number of nitrogens with zero attached hydrogens (tertiary/aromatic N) is 1. The van der Waals surface area contributed by atoms with Crippen LogP contribution in [0.15, 0.2) is 6.20 Å². The van der Waals surface area contributed by atoms with Crippen LogP contribution in [0.2, 0.25) is 0 Å². The number of alkyl halides is 6. The standard InChI is InChI=1S/C9H5ClF6N2O2/c10-7(19)4-2-18-6(8(11,12)13)5(3(4)1-17)20-9(14,15)16/h2H,1,17H2. The van der Waals surface area contributed by atoms with Gasteiger partial charge in [-0.2, -0.15) is 13.2 Å². The Bertz CT molecular complexity index is 528. The number of nitrogens with two attached hydrogens (primary N) is 1. The molecule has 0 atom stereocenters. The number of halogens is 7. The molecule has 0 aromatic carbocycles. The zero-order valence-electron chi connectivity index (χ0n) is 9.27. The highest BCUT2D eigenvalue weighted by Gasteiger charge is 2.42. The number of carbonyl (C=O) groups excluding carboxylic acids is 1. The van der Waals surface area contributed by atoms with Gasteiger partial charge in [0.05, 0.1) is 5.56 Å². The van der Waals surface area contributed by atoms with Crippen molar-refractivity contribution in [3.8, 4) is 5.75 Å². The van der Waals surface area contributed by atoms with Crippen LogP contribution in [-0.2, 0) is 12.7 Å². The minimum atomic E-state index is -5.42. The number of aromatic nitrogens is 1. The van der Waals surface area contributed by atoms with Gasteiger partial charge in [-0.05, 0) is 11.6 Å². The van der Waals surface area contributed by atoms with Crippen molar-refractivity contribution in [2.75, 3.05) is 0 Å². The van der Waals surface area contributed by atoms with Gasteiger partial charge in [0, 0.05) is 18.3 Å². The van der Waals surface area contributed by atoms with Crippen molar-refractivity contribution >= 4 is 16.8 Å². The van der Waals surface area contributed by atoms with Crippen molar-refractivity contribution in [2.24, 2.45) is 5.73 Å². The van der Waals surface area contributed by atoms with Gasteiger partial charge >= 0.3 is 12.5 Å². The quantitative estimate of drug-likeness (QED) is 0.686. The second-order valence-corrected chi connectivity index (χ2v) is 3.69. The van der Waals surface area contributed by atoms with E-state index in [1.54, 1.807) is 0 Å². The SMILES string of the molecule is NCc1c(C(=O)Cl)cnc(C(F)(F)F)c1OC(F)(F)F. The lowest BCUT2D eigenvalue weighted by Crippen LogP contribution is -2.24. The first-order valence-electron chi connectivity index (χ1n) is 4.72. The Hall–Kier alpha value is -1.55. The third-order valence-corrected chi connectivity index (χ3v) is 2.24.